The van der Waals surface area contributed by atoms with Crippen LogP contribution in [0.1, 0.15) is 121 Å². The first-order valence-electron chi connectivity index (χ1n) is 19.7. The van der Waals surface area contributed by atoms with Gasteiger partial charge >= 0.3 is 18.2 Å². The molecule has 0 heterocycles. The number of carbonyl (C=O) groups excluding carboxylic acids is 5. The highest BCUT2D eigenvalue weighted by Gasteiger charge is 2.39. The fourth-order valence-corrected chi connectivity index (χ4v) is 5.62. The predicted octanol–water partition coefficient (Wildman–Crippen LogP) is 4.97. The van der Waals surface area contributed by atoms with E-state index >= 15 is 0 Å². The van der Waals surface area contributed by atoms with Crippen molar-refractivity contribution in [3.05, 3.63) is 35.9 Å². The van der Waals surface area contributed by atoms with Crippen molar-refractivity contribution in [1.29, 1.82) is 0 Å². The van der Waals surface area contributed by atoms with E-state index in [9.17, 15) is 33.9 Å². The maximum Gasteiger partial charge on any atom is 0.408 e. The minimum atomic E-state index is -1.41. The van der Waals surface area contributed by atoms with Crippen molar-refractivity contribution in [2.45, 2.75) is 175 Å². The number of ether oxygens (including phenoxy) is 4. The molecule has 1 aromatic carbocycles. The van der Waals surface area contributed by atoms with Gasteiger partial charge in [0.2, 0.25) is 17.7 Å². The topological polar surface area (TPSA) is 220 Å². The van der Waals surface area contributed by atoms with E-state index in [1.807, 2.05) is 25.1 Å². The summed E-state index contributed by atoms with van der Waals surface area (Å²) >= 11 is 0. The fraction of sp³-hybridized carbons (Fsp3) is 0.707. The number of carbonyl (C=O) groups is 6. The van der Waals surface area contributed by atoms with Gasteiger partial charge in [-0.25, -0.2) is 14.4 Å². The number of nitrogens with one attached hydrogen (secondary N) is 5. The van der Waals surface area contributed by atoms with Gasteiger partial charge in [-0.05, 0) is 107 Å². The minimum absolute atomic E-state index is 0.0185. The van der Waals surface area contributed by atoms with E-state index in [4.69, 9.17) is 18.9 Å². The van der Waals surface area contributed by atoms with Crippen molar-refractivity contribution < 1.29 is 52.8 Å². The number of hydrogen-bond donors (Lipinski definition) is 6. The number of rotatable bonds is 21. The molecule has 1 rings (SSSR count). The van der Waals surface area contributed by atoms with Crippen molar-refractivity contribution in [2.75, 3.05) is 6.54 Å². The lowest BCUT2D eigenvalue weighted by atomic mass is 9.97. The molecular weight excluding hydrogens is 738 g/mol. The maximum atomic E-state index is 14.2. The van der Waals surface area contributed by atoms with Crippen molar-refractivity contribution in [2.24, 2.45) is 5.92 Å². The zero-order valence-electron chi connectivity index (χ0n) is 36.2. The first kappa shape index (κ1) is 50.6. The van der Waals surface area contributed by atoms with E-state index in [1.165, 1.54) is 0 Å². The van der Waals surface area contributed by atoms with E-state index in [0.717, 1.165) is 5.56 Å². The molecule has 0 fully saturated rings. The Balaban J connectivity index is 3.29. The summed E-state index contributed by atoms with van der Waals surface area (Å²) in [5, 5.41) is 23.2. The molecule has 0 aliphatic rings. The molecule has 0 radical (unpaired) electrons. The number of carboxylic acid groups (broad SMARTS) is 1. The average molecular weight is 808 g/mol. The Bertz CT molecular complexity index is 1450. The van der Waals surface area contributed by atoms with E-state index < -0.39 is 89.1 Å². The molecule has 0 aliphatic carbocycles. The van der Waals surface area contributed by atoms with Crippen LogP contribution in [0.4, 0.5) is 9.59 Å². The molecule has 0 aliphatic heterocycles. The second-order valence-corrected chi connectivity index (χ2v) is 17.2. The Hall–Kier alpha value is -4.44. The predicted molar refractivity (Wildman–Crippen MR) is 215 cm³/mol. The Morgan fingerprint density at radius 3 is 1.60 bits per heavy atom. The lowest BCUT2D eigenvalue weighted by Gasteiger charge is -2.35. The van der Waals surface area contributed by atoms with Crippen molar-refractivity contribution in [3.63, 3.8) is 0 Å². The number of alkyl carbamates (subject to hydrolysis) is 2. The third kappa shape index (κ3) is 21.1. The second-order valence-electron chi connectivity index (χ2n) is 17.2. The lowest BCUT2D eigenvalue weighted by Crippen LogP contribution is -2.63. The van der Waals surface area contributed by atoms with Gasteiger partial charge in [0.1, 0.15) is 36.4 Å². The summed E-state index contributed by atoms with van der Waals surface area (Å²) < 4.78 is 22.8. The van der Waals surface area contributed by atoms with Gasteiger partial charge in [-0.2, -0.15) is 0 Å². The summed E-state index contributed by atoms with van der Waals surface area (Å²) in [6.45, 7) is 22.8. The number of hydrogen-bond acceptors (Lipinski definition) is 10. The third-order valence-electron chi connectivity index (χ3n) is 8.36. The van der Waals surface area contributed by atoms with Gasteiger partial charge in [-0.15, -0.1) is 0 Å². The molecule has 0 bridgehead atoms. The van der Waals surface area contributed by atoms with Crippen LogP contribution in [0.25, 0.3) is 0 Å². The quantitative estimate of drug-likeness (QED) is 0.0911. The lowest BCUT2D eigenvalue weighted by molar-refractivity contribution is -0.147. The Kier molecular flexibility index (Phi) is 20.5. The molecule has 6 N–H and O–H groups in total. The molecule has 0 spiro atoms. The number of unbranched alkanes of at least 4 members (excludes halogenated alkanes) is 1. The summed E-state index contributed by atoms with van der Waals surface area (Å²) in [6.07, 6.45) is -2.06. The fourth-order valence-electron chi connectivity index (χ4n) is 5.62. The van der Waals surface area contributed by atoms with E-state index in [0.29, 0.717) is 19.3 Å². The standard InChI is InChI=1S/C41H69N5O11/c1-14-25(2)30(46-38(53)54-24-28-20-16-15-17-21-28)33(47)44-32(27(4)56-40(8,9)10)35(49)45-31(26(3)55-39(5,6)7)34(48)43-29(36(50)51)22-18-19-23-42-37(52)57-41(11,12)13/h15-17,20-21,25-27,29-32H,14,18-19,22-24H2,1-13H3,(H,42,52)(H,43,48)(H,44,47)(H,45,49)(H,46,53)(H,50,51)/t25-,26+,27+,29-,30-,31-,32-/m0/s1. The number of amides is 5. The SMILES string of the molecule is CC[C@H](C)[C@H](NC(=O)OCc1ccccc1)C(=O)N[C@H](C(=O)N[C@H](C(=O)N[C@@H](CCCCNC(=O)OC(C)(C)C)C(=O)O)[C@@H](C)OC(C)(C)C)[C@@H](C)OC(C)(C)C. The zero-order chi connectivity index (χ0) is 43.7. The van der Waals surface area contributed by atoms with Crippen molar-refractivity contribution in [3.8, 4) is 0 Å². The first-order valence-corrected chi connectivity index (χ1v) is 19.7. The van der Waals surface area contributed by atoms with Crippen LogP contribution < -0.4 is 26.6 Å². The summed E-state index contributed by atoms with van der Waals surface area (Å²) in [4.78, 5) is 79.1. The molecule has 0 saturated carbocycles. The van der Waals surface area contributed by atoms with Crippen LogP contribution >= 0.6 is 0 Å². The largest absolute Gasteiger partial charge is 0.480 e. The van der Waals surface area contributed by atoms with Gasteiger partial charge in [-0.1, -0.05) is 50.6 Å². The average Bonchev–Trinajstić information content (AvgIpc) is 3.07. The van der Waals surface area contributed by atoms with Gasteiger partial charge in [-0.3, -0.25) is 14.4 Å². The first-order chi connectivity index (χ1) is 26.2. The summed E-state index contributed by atoms with van der Waals surface area (Å²) in [7, 11) is 0. The van der Waals surface area contributed by atoms with Crippen molar-refractivity contribution in [1.82, 2.24) is 26.6 Å². The molecular formula is C41H69N5O11. The molecule has 1 aromatic rings. The Morgan fingerprint density at radius 2 is 1.14 bits per heavy atom. The number of carboxylic acids is 1. The highest BCUT2D eigenvalue weighted by molar-refractivity contribution is 5.95. The van der Waals surface area contributed by atoms with Crippen LogP contribution in [-0.2, 0) is 44.7 Å². The van der Waals surface area contributed by atoms with Crippen LogP contribution in [-0.4, -0.2) is 101 Å². The summed E-state index contributed by atoms with van der Waals surface area (Å²) in [5.74, 6) is -3.98. The zero-order valence-corrected chi connectivity index (χ0v) is 36.2. The van der Waals surface area contributed by atoms with Gasteiger partial charge in [0.15, 0.2) is 0 Å². The van der Waals surface area contributed by atoms with E-state index in [-0.39, 0.29) is 25.5 Å². The van der Waals surface area contributed by atoms with Gasteiger partial charge in [0.25, 0.3) is 0 Å². The monoisotopic (exact) mass is 807 g/mol. The van der Waals surface area contributed by atoms with Gasteiger partial charge < -0.3 is 50.6 Å². The van der Waals surface area contributed by atoms with E-state index in [1.54, 1.807) is 95.2 Å². The smallest absolute Gasteiger partial charge is 0.408 e. The number of aliphatic carboxylic acids is 1. The second kappa shape index (κ2) is 23.1. The molecule has 5 amide bonds. The third-order valence-corrected chi connectivity index (χ3v) is 8.36. The highest BCUT2D eigenvalue weighted by Crippen LogP contribution is 2.18. The van der Waals surface area contributed by atoms with Crippen LogP contribution in [0.2, 0.25) is 0 Å². The number of benzene rings is 1. The molecule has 0 unspecified atom stereocenters. The molecule has 324 valence electrons. The Labute approximate surface area is 338 Å². The highest BCUT2D eigenvalue weighted by atomic mass is 16.6. The minimum Gasteiger partial charge on any atom is -0.480 e. The van der Waals surface area contributed by atoms with E-state index in [2.05, 4.69) is 26.6 Å². The maximum absolute atomic E-state index is 14.2. The van der Waals surface area contributed by atoms with Gasteiger partial charge in [0, 0.05) is 6.54 Å². The molecule has 7 atom stereocenters. The van der Waals surface area contributed by atoms with Gasteiger partial charge in [0.05, 0.1) is 23.4 Å². The summed E-state index contributed by atoms with van der Waals surface area (Å²) in [6, 6.07) is 3.82. The van der Waals surface area contributed by atoms with Crippen molar-refractivity contribution >= 4 is 35.9 Å². The molecule has 57 heavy (non-hydrogen) atoms. The van der Waals surface area contributed by atoms with Crippen LogP contribution in [0.5, 0.6) is 0 Å². The van der Waals surface area contributed by atoms with Crippen LogP contribution in [0.3, 0.4) is 0 Å². The molecule has 16 heteroatoms. The molecule has 0 saturated heterocycles. The molecule has 16 nitrogen and oxygen atoms in total. The van der Waals surface area contributed by atoms with Crippen LogP contribution in [0.15, 0.2) is 30.3 Å². The molecule has 0 aromatic heterocycles. The normalized spacial score (nSPS) is 15.7. The van der Waals surface area contributed by atoms with Crippen LogP contribution in [0, 0.1) is 5.92 Å². The Morgan fingerprint density at radius 1 is 0.649 bits per heavy atom. The summed E-state index contributed by atoms with van der Waals surface area (Å²) in [5.41, 5.74) is -1.43.